The highest BCUT2D eigenvalue weighted by Gasteiger charge is 2.27. The lowest BCUT2D eigenvalue weighted by atomic mass is 10.0. The molecule has 2 atom stereocenters. The van der Waals surface area contributed by atoms with Crippen LogP contribution in [0.15, 0.2) is 0 Å². The van der Waals surface area contributed by atoms with Gasteiger partial charge in [0.15, 0.2) is 0 Å². The Morgan fingerprint density at radius 3 is 2.60 bits per heavy atom. The van der Waals surface area contributed by atoms with Crippen molar-refractivity contribution in [3.8, 4) is 0 Å². The molecule has 4 nitrogen and oxygen atoms in total. The summed E-state index contributed by atoms with van der Waals surface area (Å²) < 4.78 is 0. The van der Waals surface area contributed by atoms with Crippen molar-refractivity contribution in [1.29, 1.82) is 0 Å². The average Bonchev–Trinajstić information content (AvgIpc) is 2.49. The molecule has 20 heavy (non-hydrogen) atoms. The van der Waals surface area contributed by atoms with E-state index in [0.717, 1.165) is 32.5 Å². The second kappa shape index (κ2) is 9.35. The van der Waals surface area contributed by atoms with E-state index in [0.29, 0.717) is 12.1 Å². The van der Waals surface area contributed by atoms with Gasteiger partial charge in [-0.3, -0.25) is 9.69 Å². The monoisotopic (exact) mass is 283 g/mol. The predicted octanol–water partition coefficient (Wildman–Crippen LogP) is 2.14. The first-order chi connectivity index (χ1) is 9.62. The zero-order valence-corrected chi connectivity index (χ0v) is 13.7. The minimum Gasteiger partial charge on any atom is -0.352 e. The molecular weight excluding hydrogens is 250 g/mol. The molecule has 1 aliphatic rings. The summed E-state index contributed by atoms with van der Waals surface area (Å²) in [7, 11) is 0. The van der Waals surface area contributed by atoms with E-state index in [-0.39, 0.29) is 11.9 Å². The van der Waals surface area contributed by atoms with Gasteiger partial charge < -0.3 is 10.6 Å². The Kier molecular flexibility index (Phi) is 8.15. The minimum absolute atomic E-state index is 0.0122. The van der Waals surface area contributed by atoms with Gasteiger partial charge in [-0.15, -0.1) is 0 Å². The number of hydrogen-bond donors (Lipinski definition) is 2. The predicted molar refractivity (Wildman–Crippen MR) is 84.9 cm³/mol. The lowest BCUT2D eigenvalue weighted by Crippen LogP contribution is -2.54. The fraction of sp³-hybridized carbons (Fsp3) is 0.938. The molecule has 0 aliphatic carbocycles. The fourth-order valence-corrected chi connectivity index (χ4v) is 2.85. The van der Waals surface area contributed by atoms with Gasteiger partial charge in [0.1, 0.15) is 0 Å². The largest absolute Gasteiger partial charge is 0.352 e. The van der Waals surface area contributed by atoms with Gasteiger partial charge >= 0.3 is 0 Å². The van der Waals surface area contributed by atoms with Crippen LogP contribution in [0.1, 0.15) is 59.8 Å². The van der Waals surface area contributed by atoms with Crippen LogP contribution in [0.25, 0.3) is 0 Å². The number of likely N-dealkylation sites (tertiary alicyclic amines) is 1. The number of nitrogens with zero attached hydrogens (tertiary/aromatic N) is 1. The standard InChI is InChI=1S/C16H33N3O/c1-5-10-17-15-9-8-11-19(12-15)13(4)16(20)18-14(6-2)7-3/h13-15,17H,5-12H2,1-4H3,(H,18,20). The van der Waals surface area contributed by atoms with Gasteiger partial charge in [0.2, 0.25) is 5.91 Å². The van der Waals surface area contributed by atoms with Crippen LogP contribution < -0.4 is 10.6 Å². The summed E-state index contributed by atoms with van der Waals surface area (Å²) in [5.41, 5.74) is 0. The number of carbonyl (C=O) groups excluding carboxylic acids is 1. The lowest BCUT2D eigenvalue weighted by Gasteiger charge is -2.37. The van der Waals surface area contributed by atoms with Crippen LogP contribution >= 0.6 is 0 Å². The van der Waals surface area contributed by atoms with Crippen molar-refractivity contribution < 1.29 is 4.79 Å². The first-order valence-corrected chi connectivity index (χ1v) is 8.40. The van der Waals surface area contributed by atoms with E-state index in [1.54, 1.807) is 0 Å². The zero-order valence-electron chi connectivity index (χ0n) is 13.7. The second-order valence-electron chi connectivity index (χ2n) is 5.99. The van der Waals surface area contributed by atoms with E-state index in [9.17, 15) is 4.79 Å². The molecule has 0 spiro atoms. The molecule has 0 aromatic heterocycles. The molecule has 118 valence electrons. The molecule has 2 unspecified atom stereocenters. The molecule has 1 fully saturated rings. The van der Waals surface area contributed by atoms with Crippen LogP contribution in [0.4, 0.5) is 0 Å². The molecule has 0 radical (unpaired) electrons. The van der Waals surface area contributed by atoms with Crippen LogP contribution in [0, 0.1) is 0 Å². The fourth-order valence-electron chi connectivity index (χ4n) is 2.85. The number of piperidine rings is 1. The molecule has 1 rings (SSSR count). The Morgan fingerprint density at radius 1 is 1.30 bits per heavy atom. The summed E-state index contributed by atoms with van der Waals surface area (Å²) in [5, 5.41) is 6.76. The summed E-state index contributed by atoms with van der Waals surface area (Å²) in [6.07, 6.45) is 5.61. The lowest BCUT2D eigenvalue weighted by molar-refractivity contribution is -0.127. The van der Waals surface area contributed by atoms with Crippen molar-refractivity contribution in [3.63, 3.8) is 0 Å². The van der Waals surface area contributed by atoms with Gasteiger partial charge in [0.05, 0.1) is 6.04 Å². The average molecular weight is 283 g/mol. The Bertz CT molecular complexity index is 279. The molecule has 0 aromatic carbocycles. The smallest absolute Gasteiger partial charge is 0.237 e. The summed E-state index contributed by atoms with van der Waals surface area (Å²) in [5.74, 6) is 0.190. The third kappa shape index (κ3) is 5.41. The van der Waals surface area contributed by atoms with Crippen molar-refractivity contribution in [3.05, 3.63) is 0 Å². The molecular formula is C16H33N3O. The Labute approximate surface area is 124 Å². The minimum atomic E-state index is -0.0122. The molecule has 0 bridgehead atoms. The topological polar surface area (TPSA) is 44.4 Å². The third-order valence-electron chi connectivity index (χ3n) is 4.39. The number of hydrogen-bond acceptors (Lipinski definition) is 3. The van der Waals surface area contributed by atoms with Crippen molar-refractivity contribution in [2.45, 2.75) is 77.9 Å². The van der Waals surface area contributed by atoms with Crippen molar-refractivity contribution in [1.82, 2.24) is 15.5 Å². The molecule has 1 aliphatic heterocycles. The van der Waals surface area contributed by atoms with E-state index in [2.05, 4.69) is 36.3 Å². The highest BCUT2D eigenvalue weighted by molar-refractivity contribution is 5.81. The van der Waals surface area contributed by atoms with E-state index in [4.69, 9.17) is 0 Å². The highest BCUT2D eigenvalue weighted by Crippen LogP contribution is 2.13. The van der Waals surface area contributed by atoms with Gasteiger partial charge in [-0.2, -0.15) is 0 Å². The summed E-state index contributed by atoms with van der Waals surface area (Å²) in [6, 6.07) is 0.859. The Morgan fingerprint density at radius 2 is 2.00 bits per heavy atom. The molecule has 2 N–H and O–H groups in total. The van der Waals surface area contributed by atoms with Crippen LogP contribution in [0.2, 0.25) is 0 Å². The number of rotatable bonds is 8. The highest BCUT2D eigenvalue weighted by atomic mass is 16.2. The SMILES string of the molecule is CCCNC1CCCN(C(C)C(=O)NC(CC)CC)C1. The number of amides is 1. The summed E-state index contributed by atoms with van der Waals surface area (Å²) in [6.45, 7) is 11.6. The molecule has 0 aromatic rings. The molecule has 1 heterocycles. The molecule has 4 heteroatoms. The second-order valence-corrected chi connectivity index (χ2v) is 5.99. The summed E-state index contributed by atoms with van der Waals surface area (Å²) >= 11 is 0. The van der Waals surface area contributed by atoms with Gasteiger partial charge in [0.25, 0.3) is 0 Å². The Hall–Kier alpha value is -0.610. The van der Waals surface area contributed by atoms with Gasteiger partial charge in [-0.1, -0.05) is 20.8 Å². The van der Waals surface area contributed by atoms with E-state index >= 15 is 0 Å². The molecule has 1 amide bonds. The maximum Gasteiger partial charge on any atom is 0.237 e. The van der Waals surface area contributed by atoms with Gasteiger partial charge in [-0.05, 0) is 52.1 Å². The molecule has 0 saturated carbocycles. The number of carbonyl (C=O) groups is 1. The maximum atomic E-state index is 12.3. The quantitative estimate of drug-likeness (QED) is 0.717. The van der Waals surface area contributed by atoms with Crippen LogP contribution in [0.5, 0.6) is 0 Å². The van der Waals surface area contributed by atoms with Gasteiger partial charge in [0, 0.05) is 18.6 Å². The zero-order chi connectivity index (χ0) is 15.0. The van der Waals surface area contributed by atoms with E-state index < -0.39 is 0 Å². The first-order valence-electron chi connectivity index (χ1n) is 8.40. The molecule has 1 saturated heterocycles. The first kappa shape index (κ1) is 17.4. The van der Waals surface area contributed by atoms with Crippen LogP contribution in [-0.4, -0.2) is 48.6 Å². The maximum absolute atomic E-state index is 12.3. The summed E-state index contributed by atoms with van der Waals surface area (Å²) in [4.78, 5) is 14.6. The normalized spacial score (nSPS) is 21.9. The Balaban J connectivity index is 2.44. The third-order valence-corrected chi connectivity index (χ3v) is 4.39. The number of nitrogens with one attached hydrogen (secondary N) is 2. The van der Waals surface area contributed by atoms with E-state index in [1.165, 1.54) is 19.3 Å². The van der Waals surface area contributed by atoms with Crippen molar-refractivity contribution >= 4 is 5.91 Å². The van der Waals surface area contributed by atoms with Crippen LogP contribution in [0.3, 0.4) is 0 Å². The van der Waals surface area contributed by atoms with Crippen LogP contribution in [-0.2, 0) is 4.79 Å². The van der Waals surface area contributed by atoms with Crippen molar-refractivity contribution in [2.75, 3.05) is 19.6 Å². The van der Waals surface area contributed by atoms with Gasteiger partial charge in [-0.25, -0.2) is 0 Å². The van der Waals surface area contributed by atoms with E-state index in [1.807, 2.05) is 6.92 Å². The van der Waals surface area contributed by atoms with Crippen molar-refractivity contribution in [2.24, 2.45) is 0 Å².